The number of hydrogen-bond acceptors (Lipinski definition) is 3. The standard InChI is InChI=1S/C13H15BrN2O3/c1-16-8-11(19-13(16)18)7-15-12(17)6-9-2-4-10(14)5-3-9/h2-5,11H,6-8H2,1H3,(H,15,17). The number of hydrogen-bond donors (Lipinski definition) is 1. The molecule has 1 aliphatic rings. The van der Waals surface area contributed by atoms with E-state index in [0.29, 0.717) is 19.5 Å². The summed E-state index contributed by atoms with van der Waals surface area (Å²) >= 11 is 3.34. The van der Waals surface area contributed by atoms with Crippen LogP contribution in [0.25, 0.3) is 0 Å². The molecular weight excluding hydrogens is 312 g/mol. The molecule has 0 aliphatic carbocycles. The number of likely N-dealkylation sites (N-methyl/N-ethyl adjacent to an activating group) is 1. The zero-order valence-electron chi connectivity index (χ0n) is 10.6. The molecule has 0 spiro atoms. The molecule has 102 valence electrons. The van der Waals surface area contributed by atoms with E-state index in [-0.39, 0.29) is 18.1 Å². The monoisotopic (exact) mass is 326 g/mol. The summed E-state index contributed by atoms with van der Waals surface area (Å²) in [4.78, 5) is 24.4. The van der Waals surface area contributed by atoms with Gasteiger partial charge in [0.15, 0.2) is 0 Å². The van der Waals surface area contributed by atoms with Crippen LogP contribution in [-0.2, 0) is 16.0 Å². The van der Waals surface area contributed by atoms with Gasteiger partial charge in [-0.05, 0) is 17.7 Å². The summed E-state index contributed by atoms with van der Waals surface area (Å²) in [5.41, 5.74) is 0.946. The Morgan fingerprint density at radius 2 is 2.16 bits per heavy atom. The summed E-state index contributed by atoms with van der Waals surface area (Å²) in [5.74, 6) is -0.0760. The lowest BCUT2D eigenvalue weighted by atomic mass is 10.1. The first-order valence-corrected chi connectivity index (χ1v) is 6.77. The maximum Gasteiger partial charge on any atom is 0.410 e. The van der Waals surface area contributed by atoms with E-state index in [1.807, 2.05) is 24.3 Å². The number of nitrogens with one attached hydrogen (secondary N) is 1. The summed E-state index contributed by atoms with van der Waals surface area (Å²) in [7, 11) is 1.67. The molecule has 1 unspecified atom stereocenters. The number of benzene rings is 1. The molecule has 1 heterocycles. The van der Waals surface area contributed by atoms with Crippen molar-refractivity contribution in [1.29, 1.82) is 0 Å². The molecular formula is C13H15BrN2O3. The molecule has 0 saturated carbocycles. The van der Waals surface area contributed by atoms with Crippen molar-refractivity contribution >= 4 is 27.9 Å². The van der Waals surface area contributed by atoms with E-state index < -0.39 is 0 Å². The van der Waals surface area contributed by atoms with Gasteiger partial charge in [-0.1, -0.05) is 28.1 Å². The minimum atomic E-state index is -0.341. The van der Waals surface area contributed by atoms with Crippen LogP contribution in [0, 0.1) is 0 Å². The van der Waals surface area contributed by atoms with Gasteiger partial charge in [0.25, 0.3) is 0 Å². The minimum absolute atomic E-state index is 0.0760. The van der Waals surface area contributed by atoms with E-state index in [1.165, 1.54) is 4.90 Å². The predicted molar refractivity (Wildman–Crippen MR) is 73.8 cm³/mol. The molecule has 1 atom stereocenters. The first-order chi connectivity index (χ1) is 9.04. The highest BCUT2D eigenvalue weighted by Gasteiger charge is 2.28. The number of halogens is 1. The molecule has 2 rings (SSSR count). The smallest absolute Gasteiger partial charge is 0.410 e. The quantitative estimate of drug-likeness (QED) is 0.913. The van der Waals surface area contributed by atoms with Gasteiger partial charge in [0.1, 0.15) is 6.10 Å². The lowest BCUT2D eigenvalue weighted by Gasteiger charge is -2.09. The maximum atomic E-state index is 11.7. The predicted octanol–water partition coefficient (Wildman–Crippen LogP) is 1.56. The minimum Gasteiger partial charge on any atom is -0.442 e. The van der Waals surface area contributed by atoms with Gasteiger partial charge in [-0.25, -0.2) is 4.79 Å². The van der Waals surface area contributed by atoms with Crippen LogP contribution in [0.4, 0.5) is 4.79 Å². The van der Waals surface area contributed by atoms with Crippen molar-refractivity contribution in [1.82, 2.24) is 10.2 Å². The SMILES string of the molecule is CN1CC(CNC(=O)Cc2ccc(Br)cc2)OC1=O. The highest BCUT2D eigenvalue weighted by molar-refractivity contribution is 9.10. The Morgan fingerprint density at radius 1 is 1.47 bits per heavy atom. The maximum absolute atomic E-state index is 11.7. The Labute approximate surface area is 120 Å². The molecule has 19 heavy (non-hydrogen) atoms. The first kappa shape index (κ1) is 13.9. The van der Waals surface area contributed by atoms with E-state index in [0.717, 1.165) is 10.0 Å². The van der Waals surface area contributed by atoms with Crippen LogP contribution in [0.5, 0.6) is 0 Å². The third kappa shape index (κ3) is 3.96. The summed E-state index contributed by atoms with van der Waals surface area (Å²) in [6, 6.07) is 7.59. The van der Waals surface area contributed by atoms with Crippen molar-refractivity contribution in [3.63, 3.8) is 0 Å². The summed E-state index contributed by atoms with van der Waals surface area (Å²) in [6.07, 6.45) is -0.275. The number of nitrogens with zero attached hydrogens (tertiary/aromatic N) is 1. The second-order valence-corrected chi connectivity index (χ2v) is 5.41. The molecule has 0 radical (unpaired) electrons. The fourth-order valence-electron chi connectivity index (χ4n) is 1.83. The Morgan fingerprint density at radius 3 is 2.74 bits per heavy atom. The fraction of sp³-hybridized carbons (Fsp3) is 0.385. The van der Waals surface area contributed by atoms with Crippen LogP contribution in [-0.4, -0.2) is 43.1 Å². The largest absolute Gasteiger partial charge is 0.442 e. The lowest BCUT2D eigenvalue weighted by molar-refractivity contribution is -0.120. The van der Waals surface area contributed by atoms with E-state index in [2.05, 4.69) is 21.2 Å². The van der Waals surface area contributed by atoms with Gasteiger partial charge in [0.05, 0.1) is 19.5 Å². The van der Waals surface area contributed by atoms with Crippen LogP contribution in [0.1, 0.15) is 5.56 Å². The number of carbonyl (C=O) groups is 2. The molecule has 0 aromatic heterocycles. The summed E-state index contributed by atoms with van der Waals surface area (Å²) in [5, 5.41) is 2.77. The van der Waals surface area contributed by atoms with E-state index in [1.54, 1.807) is 7.05 Å². The summed E-state index contributed by atoms with van der Waals surface area (Å²) in [6.45, 7) is 0.864. The average Bonchev–Trinajstić information content (AvgIpc) is 2.69. The molecule has 1 fully saturated rings. The molecule has 0 bridgehead atoms. The van der Waals surface area contributed by atoms with Crippen molar-refractivity contribution in [3.8, 4) is 0 Å². The Bertz CT molecular complexity index is 475. The van der Waals surface area contributed by atoms with E-state index in [4.69, 9.17) is 4.74 Å². The average molecular weight is 327 g/mol. The van der Waals surface area contributed by atoms with Crippen molar-refractivity contribution in [2.45, 2.75) is 12.5 Å². The van der Waals surface area contributed by atoms with Crippen molar-refractivity contribution < 1.29 is 14.3 Å². The van der Waals surface area contributed by atoms with Gasteiger partial charge >= 0.3 is 6.09 Å². The third-order valence-electron chi connectivity index (χ3n) is 2.86. The molecule has 6 heteroatoms. The highest BCUT2D eigenvalue weighted by atomic mass is 79.9. The van der Waals surface area contributed by atoms with Crippen LogP contribution in [0.15, 0.2) is 28.7 Å². The van der Waals surface area contributed by atoms with Crippen LogP contribution < -0.4 is 5.32 Å². The van der Waals surface area contributed by atoms with Crippen molar-refractivity contribution in [2.75, 3.05) is 20.1 Å². The number of rotatable bonds is 4. The van der Waals surface area contributed by atoms with Gasteiger partial charge in [-0.3, -0.25) is 4.79 Å². The van der Waals surface area contributed by atoms with Crippen molar-refractivity contribution in [2.24, 2.45) is 0 Å². The van der Waals surface area contributed by atoms with Gasteiger partial charge < -0.3 is 15.0 Å². The van der Waals surface area contributed by atoms with Gasteiger partial charge in [-0.2, -0.15) is 0 Å². The topological polar surface area (TPSA) is 58.6 Å². The highest BCUT2D eigenvalue weighted by Crippen LogP contribution is 2.11. The molecule has 1 aromatic carbocycles. The van der Waals surface area contributed by atoms with Gasteiger partial charge in [0, 0.05) is 11.5 Å². The Kier molecular flexibility index (Phi) is 4.42. The third-order valence-corrected chi connectivity index (χ3v) is 3.39. The first-order valence-electron chi connectivity index (χ1n) is 5.97. The molecule has 1 aliphatic heterocycles. The van der Waals surface area contributed by atoms with E-state index in [9.17, 15) is 9.59 Å². The normalized spacial score (nSPS) is 18.3. The number of amides is 2. The van der Waals surface area contributed by atoms with Crippen LogP contribution in [0.2, 0.25) is 0 Å². The summed E-state index contributed by atoms with van der Waals surface area (Å²) < 4.78 is 6.04. The lowest BCUT2D eigenvalue weighted by Crippen LogP contribution is -2.34. The second kappa shape index (κ2) is 6.06. The molecule has 1 saturated heterocycles. The van der Waals surface area contributed by atoms with Crippen molar-refractivity contribution in [3.05, 3.63) is 34.3 Å². The fourth-order valence-corrected chi connectivity index (χ4v) is 2.10. The number of cyclic esters (lactones) is 1. The van der Waals surface area contributed by atoms with Crippen LogP contribution in [0.3, 0.4) is 0 Å². The molecule has 5 nitrogen and oxygen atoms in total. The zero-order valence-corrected chi connectivity index (χ0v) is 12.1. The van der Waals surface area contributed by atoms with Crippen LogP contribution >= 0.6 is 15.9 Å². The zero-order chi connectivity index (χ0) is 13.8. The van der Waals surface area contributed by atoms with Gasteiger partial charge in [-0.15, -0.1) is 0 Å². The van der Waals surface area contributed by atoms with Gasteiger partial charge in [0.2, 0.25) is 5.91 Å². The number of ether oxygens (including phenoxy) is 1. The molecule has 2 amide bonds. The second-order valence-electron chi connectivity index (χ2n) is 4.49. The Balaban J connectivity index is 1.76. The number of carbonyl (C=O) groups excluding carboxylic acids is 2. The Hall–Kier alpha value is -1.56. The van der Waals surface area contributed by atoms with E-state index >= 15 is 0 Å². The molecule has 1 N–H and O–H groups in total. The molecule has 1 aromatic rings.